The van der Waals surface area contributed by atoms with Gasteiger partial charge in [0.1, 0.15) is 12.4 Å². The molecule has 1 aromatic heterocycles. The zero-order chi connectivity index (χ0) is 13.0. The van der Waals surface area contributed by atoms with Crippen LogP contribution in [0.15, 0.2) is 42.6 Å². The van der Waals surface area contributed by atoms with E-state index in [9.17, 15) is 0 Å². The summed E-state index contributed by atoms with van der Waals surface area (Å²) < 4.78 is 5.74. The first-order chi connectivity index (χ1) is 8.66. The van der Waals surface area contributed by atoms with E-state index in [0.29, 0.717) is 11.6 Å². The van der Waals surface area contributed by atoms with Gasteiger partial charge < -0.3 is 10.5 Å². The van der Waals surface area contributed by atoms with Gasteiger partial charge in [0.2, 0.25) is 0 Å². The Morgan fingerprint density at radius 1 is 1.33 bits per heavy atom. The second-order valence-corrected chi connectivity index (χ2v) is 4.52. The van der Waals surface area contributed by atoms with Gasteiger partial charge in [-0.3, -0.25) is 4.98 Å². The zero-order valence-corrected chi connectivity index (χ0v) is 10.9. The van der Waals surface area contributed by atoms with Crippen LogP contribution >= 0.6 is 11.6 Å². The van der Waals surface area contributed by atoms with Crippen LogP contribution < -0.4 is 10.5 Å². The molecule has 0 spiro atoms. The summed E-state index contributed by atoms with van der Waals surface area (Å²) in [5, 5.41) is 0.660. The molecule has 94 valence electrons. The number of hydrogen-bond acceptors (Lipinski definition) is 3. The Bertz CT molecular complexity index is 514. The number of aromatic nitrogens is 1. The van der Waals surface area contributed by atoms with E-state index in [1.165, 1.54) is 0 Å². The van der Waals surface area contributed by atoms with E-state index in [2.05, 4.69) is 4.98 Å². The molecule has 0 saturated heterocycles. The molecule has 18 heavy (non-hydrogen) atoms. The summed E-state index contributed by atoms with van der Waals surface area (Å²) in [6, 6.07) is 11.1. The van der Waals surface area contributed by atoms with Gasteiger partial charge in [0, 0.05) is 22.8 Å². The molecule has 1 aromatic carbocycles. The van der Waals surface area contributed by atoms with E-state index in [1.807, 2.05) is 37.3 Å². The van der Waals surface area contributed by atoms with Crippen LogP contribution in [0, 0.1) is 0 Å². The maximum atomic E-state index is 5.95. The molecule has 2 rings (SSSR count). The number of pyridine rings is 1. The van der Waals surface area contributed by atoms with Crippen molar-refractivity contribution in [3.05, 3.63) is 58.9 Å². The summed E-state index contributed by atoms with van der Waals surface area (Å²) in [4.78, 5) is 4.20. The van der Waals surface area contributed by atoms with Crippen LogP contribution in [0.25, 0.3) is 0 Å². The van der Waals surface area contributed by atoms with Gasteiger partial charge in [-0.1, -0.05) is 17.7 Å². The lowest BCUT2D eigenvalue weighted by Crippen LogP contribution is -2.08. The van der Waals surface area contributed by atoms with Gasteiger partial charge in [0.15, 0.2) is 0 Å². The highest BCUT2D eigenvalue weighted by Gasteiger charge is 2.09. The third kappa shape index (κ3) is 3.22. The lowest BCUT2D eigenvalue weighted by atomic mass is 10.1. The quantitative estimate of drug-likeness (QED) is 0.919. The normalized spacial score (nSPS) is 12.2. The number of halogens is 1. The molecule has 0 saturated carbocycles. The van der Waals surface area contributed by atoms with Gasteiger partial charge in [-0.2, -0.15) is 0 Å². The van der Waals surface area contributed by atoms with Crippen LogP contribution in [-0.4, -0.2) is 4.98 Å². The number of nitrogens with two attached hydrogens (primary N) is 1. The summed E-state index contributed by atoms with van der Waals surface area (Å²) in [7, 11) is 0. The second-order valence-electron chi connectivity index (χ2n) is 4.08. The van der Waals surface area contributed by atoms with E-state index in [4.69, 9.17) is 22.1 Å². The lowest BCUT2D eigenvalue weighted by Gasteiger charge is -2.14. The van der Waals surface area contributed by atoms with Gasteiger partial charge in [-0.05, 0) is 37.3 Å². The molecular weight excluding hydrogens is 248 g/mol. The van der Waals surface area contributed by atoms with Crippen molar-refractivity contribution in [2.75, 3.05) is 0 Å². The van der Waals surface area contributed by atoms with Crippen LogP contribution in [0.4, 0.5) is 0 Å². The molecule has 0 radical (unpaired) electrons. The van der Waals surface area contributed by atoms with Crippen molar-refractivity contribution >= 4 is 11.6 Å². The molecule has 2 N–H and O–H groups in total. The summed E-state index contributed by atoms with van der Waals surface area (Å²) >= 11 is 5.95. The molecule has 0 fully saturated rings. The Morgan fingerprint density at radius 2 is 2.17 bits per heavy atom. The standard InChI is InChI=1S/C14H15ClN2O/c1-10(16)13-8-11(15)5-6-14(13)18-9-12-4-2-3-7-17-12/h2-8,10H,9,16H2,1H3/t10-/m0/s1. The van der Waals surface area contributed by atoms with E-state index in [-0.39, 0.29) is 6.04 Å². The lowest BCUT2D eigenvalue weighted by molar-refractivity contribution is 0.297. The van der Waals surface area contributed by atoms with Crippen molar-refractivity contribution in [3.63, 3.8) is 0 Å². The van der Waals surface area contributed by atoms with E-state index in [0.717, 1.165) is 17.0 Å². The molecule has 1 atom stereocenters. The Morgan fingerprint density at radius 3 is 2.83 bits per heavy atom. The maximum absolute atomic E-state index is 5.95. The predicted molar refractivity (Wildman–Crippen MR) is 72.6 cm³/mol. The largest absolute Gasteiger partial charge is 0.487 e. The fourth-order valence-electron chi connectivity index (χ4n) is 1.64. The van der Waals surface area contributed by atoms with Gasteiger partial charge >= 0.3 is 0 Å². The van der Waals surface area contributed by atoms with Gasteiger partial charge in [0.25, 0.3) is 0 Å². The monoisotopic (exact) mass is 262 g/mol. The fraction of sp³-hybridized carbons (Fsp3) is 0.214. The third-order valence-electron chi connectivity index (χ3n) is 2.56. The summed E-state index contributed by atoms with van der Waals surface area (Å²) in [6.45, 7) is 2.32. The molecule has 0 aliphatic heterocycles. The van der Waals surface area contributed by atoms with Crippen LogP contribution in [0.3, 0.4) is 0 Å². The highest BCUT2D eigenvalue weighted by molar-refractivity contribution is 6.30. The Balaban J connectivity index is 2.14. The van der Waals surface area contributed by atoms with Crippen molar-refractivity contribution in [1.29, 1.82) is 0 Å². The number of ether oxygens (including phenoxy) is 1. The number of rotatable bonds is 4. The van der Waals surface area contributed by atoms with Gasteiger partial charge in [-0.25, -0.2) is 0 Å². The van der Waals surface area contributed by atoms with Crippen LogP contribution in [0.2, 0.25) is 5.02 Å². The first-order valence-electron chi connectivity index (χ1n) is 5.74. The zero-order valence-electron chi connectivity index (χ0n) is 10.1. The average Bonchev–Trinajstić information content (AvgIpc) is 2.38. The third-order valence-corrected chi connectivity index (χ3v) is 2.80. The average molecular weight is 263 g/mol. The molecule has 1 heterocycles. The molecule has 4 heteroatoms. The topological polar surface area (TPSA) is 48.1 Å². The smallest absolute Gasteiger partial charge is 0.130 e. The maximum Gasteiger partial charge on any atom is 0.130 e. The second kappa shape index (κ2) is 5.85. The minimum absolute atomic E-state index is 0.123. The van der Waals surface area contributed by atoms with Crippen LogP contribution in [-0.2, 0) is 6.61 Å². The SMILES string of the molecule is C[C@H](N)c1cc(Cl)ccc1OCc1ccccn1. The fourth-order valence-corrected chi connectivity index (χ4v) is 1.82. The van der Waals surface area contributed by atoms with E-state index >= 15 is 0 Å². The van der Waals surface area contributed by atoms with Crippen LogP contribution in [0.1, 0.15) is 24.2 Å². The first kappa shape index (κ1) is 12.9. The summed E-state index contributed by atoms with van der Waals surface area (Å²) in [5.41, 5.74) is 7.68. The Kier molecular flexibility index (Phi) is 4.18. The van der Waals surface area contributed by atoms with Crippen molar-refractivity contribution in [1.82, 2.24) is 4.98 Å². The molecule has 0 bridgehead atoms. The molecular formula is C14H15ClN2O. The van der Waals surface area contributed by atoms with Crippen molar-refractivity contribution in [2.45, 2.75) is 19.6 Å². The summed E-state index contributed by atoms with van der Waals surface area (Å²) in [6.07, 6.45) is 1.74. The molecule has 0 unspecified atom stereocenters. The minimum atomic E-state index is -0.123. The van der Waals surface area contributed by atoms with Crippen molar-refractivity contribution < 1.29 is 4.74 Å². The first-order valence-corrected chi connectivity index (χ1v) is 6.12. The molecule has 0 aliphatic carbocycles. The molecule has 3 nitrogen and oxygen atoms in total. The Labute approximate surface area is 112 Å². The van der Waals surface area contributed by atoms with E-state index < -0.39 is 0 Å². The minimum Gasteiger partial charge on any atom is -0.487 e. The number of benzene rings is 1. The van der Waals surface area contributed by atoms with Crippen molar-refractivity contribution in [3.8, 4) is 5.75 Å². The molecule has 0 aliphatic rings. The number of nitrogens with zero attached hydrogens (tertiary/aromatic N) is 1. The van der Waals surface area contributed by atoms with Crippen molar-refractivity contribution in [2.24, 2.45) is 5.73 Å². The molecule has 0 amide bonds. The van der Waals surface area contributed by atoms with E-state index in [1.54, 1.807) is 12.3 Å². The number of hydrogen-bond donors (Lipinski definition) is 1. The van der Waals surface area contributed by atoms with Gasteiger partial charge in [0.05, 0.1) is 5.69 Å². The summed E-state index contributed by atoms with van der Waals surface area (Å²) in [5.74, 6) is 0.750. The Hall–Kier alpha value is -1.58. The highest BCUT2D eigenvalue weighted by Crippen LogP contribution is 2.27. The van der Waals surface area contributed by atoms with Gasteiger partial charge in [-0.15, -0.1) is 0 Å². The predicted octanol–water partition coefficient (Wildman–Crippen LogP) is 3.33. The van der Waals surface area contributed by atoms with Crippen LogP contribution in [0.5, 0.6) is 5.75 Å². The molecule has 2 aromatic rings. The highest BCUT2D eigenvalue weighted by atomic mass is 35.5.